The maximum absolute atomic E-state index is 12.6. The fourth-order valence-corrected chi connectivity index (χ4v) is 3.41. The Balaban J connectivity index is 1.48. The minimum Gasteiger partial charge on any atom is -0.384 e. The number of carbonyl (C=O) groups excluding carboxylic acids is 2. The topological polar surface area (TPSA) is 109 Å². The van der Waals surface area contributed by atoms with Gasteiger partial charge in [0, 0.05) is 12.7 Å². The lowest BCUT2D eigenvalue weighted by Crippen LogP contribution is -2.53. The number of nitrogens with two attached hydrogens (primary N) is 1. The molecule has 7 nitrogen and oxygen atoms in total. The van der Waals surface area contributed by atoms with Gasteiger partial charge in [-0.1, -0.05) is 36.4 Å². The molecule has 0 aliphatic carbocycles. The Hall–Kier alpha value is -2.93. The van der Waals surface area contributed by atoms with Crippen molar-refractivity contribution >= 4 is 17.6 Å². The van der Waals surface area contributed by atoms with Crippen LogP contribution < -0.4 is 21.7 Å². The lowest BCUT2D eigenvalue weighted by Gasteiger charge is -2.30. The summed E-state index contributed by atoms with van der Waals surface area (Å²) < 4.78 is 0. The van der Waals surface area contributed by atoms with Gasteiger partial charge in [0.1, 0.15) is 11.9 Å². The Kier molecular flexibility index (Phi) is 6.60. The summed E-state index contributed by atoms with van der Waals surface area (Å²) in [6.45, 7) is 2.80. The van der Waals surface area contributed by atoms with E-state index in [2.05, 4.69) is 33.1 Å². The number of nitrogen functional groups attached to an aromatic ring is 1. The molecule has 2 amide bonds. The van der Waals surface area contributed by atoms with Gasteiger partial charge in [-0.2, -0.15) is 0 Å². The van der Waals surface area contributed by atoms with Gasteiger partial charge in [-0.25, -0.2) is 4.98 Å². The third kappa shape index (κ3) is 5.29. The molecule has 1 aliphatic rings. The molecule has 2 aromatic rings. The summed E-state index contributed by atoms with van der Waals surface area (Å²) in [5.74, 6) is 0.405. The Labute approximate surface area is 165 Å². The first-order valence-corrected chi connectivity index (χ1v) is 9.59. The number of carbonyl (C=O) groups is 2. The average molecular weight is 381 g/mol. The summed E-state index contributed by atoms with van der Waals surface area (Å²) in [6.07, 6.45) is 3.34. The van der Waals surface area contributed by atoms with Crippen molar-refractivity contribution in [3.8, 4) is 0 Å². The summed E-state index contributed by atoms with van der Waals surface area (Å²) in [5.41, 5.74) is 7.65. The van der Waals surface area contributed by atoms with Crippen LogP contribution in [0.3, 0.4) is 0 Å². The van der Waals surface area contributed by atoms with E-state index in [9.17, 15) is 9.59 Å². The zero-order chi connectivity index (χ0) is 19.9. The predicted molar refractivity (Wildman–Crippen MR) is 108 cm³/mol. The third-order valence-electron chi connectivity index (χ3n) is 5.06. The molecular formula is C21H27N5O2. The van der Waals surface area contributed by atoms with E-state index in [0.717, 1.165) is 24.9 Å². The number of pyridine rings is 1. The second-order valence-corrected chi connectivity index (χ2v) is 7.18. The molecule has 3 rings (SSSR count). The SMILES string of the molecule is C[C@H](NC(=O)C1CC(c2ccccc2)CCN1)C(=O)NCc1ccc(N)nc1. The molecule has 1 aromatic heterocycles. The van der Waals surface area contributed by atoms with Crippen molar-refractivity contribution in [3.63, 3.8) is 0 Å². The first-order valence-electron chi connectivity index (χ1n) is 9.59. The second kappa shape index (κ2) is 9.32. The van der Waals surface area contributed by atoms with Crippen LogP contribution in [0.2, 0.25) is 0 Å². The number of rotatable bonds is 6. The number of amides is 2. The molecule has 1 aromatic carbocycles. The predicted octanol–water partition coefficient (Wildman–Crippen LogP) is 1.32. The third-order valence-corrected chi connectivity index (χ3v) is 5.06. The van der Waals surface area contributed by atoms with E-state index in [1.807, 2.05) is 24.3 Å². The number of hydrogen-bond acceptors (Lipinski definition) is 5. The largest absolute Gasteiger partial charge is 0.384 e. The summed E-state index contributed by atoms with van der Waals surface area (Å²) >= 11 is 0. The van der Waals surface area contributed by atoms with E-state index >= 15 is 0 Å². The number of anilines is 1. The Morgan fingerprint density at radius 3 is 2.75 bits per heavy atom. The van der Waals surface area contributed by atoms with Gasteiger partial charge in [0.2, 0.25) is 11.8 Å². The molecule has 0 bridgehead atoms. The highest BCUT2D eigenvalue weighted by Gasteiger charge is 2.29. The van der Waals surface area contributed by atoms with Crippen molar-refractivity contribution < 1.29 is 9.59 Å². The summed E-state index contributed by atoms with van der Waals surface area (Å²) in [6, 6.07) is 12.8. The van der Waals surface area contributed by atoms with E-state index in [1.54, 1.807) is 19.2 Å². The van der Waals surface area contributed by atoms with Gasteiger partial charge in [0.25, 0.3) is 0 Å². The molecule has 1 saturated heterocycles. The molecule has 0 saturated carbocycles. The number of nitrogens with zero attached hydrogens (tertiary/aromatic N) is 1. The fourth-order valence-electron chi connectivity index (χ4n) is 3.41. The molecule has 2 unspecified atom stereocenters. The van der Waals surface area contributed by atoms with Crippen molar-refractivity contribution in [3.05, 3.63) is 59.8 Å². The number of hydrogen-bond donors (Lipinski definition) is 4. The highest BCUT2D eigenvalue weighted by atomic mass is 16.2. The van der Waals surface area contributed by atoms with Gasteiger partial charge < -0.3 is 21.7 Å². The Bertz CT molecular complexity index is 794. The van der Waals surface area contributed by atoms with Crippen LogP contribution in [0.25, 0.3) is 0 Å². The zero-order valence-electron chi connectivity index (χ0n) is 16.0. The number of piperidine rings is 1. The van der Waals surface area contributed by atoms with Crippen molar-refractivity contribution in [2.45, 2.75) is 44.3 Å². The molecule has 28 heavy (non-hydrogen) atoms. The van der Waals surface area contributed by atoms with E-state index < -0.39 is 6.04 Å². The van der Waals surface area contributed by atoms with Crippen LogP contribution in [0.4, 0.5) is 5.82 Å². The molecule has 3 atom stereocenters. The molecule has 0 spiro atoms. The van der Waals surface area contributed by atoms with E-state index in [4.69, 9.17) is 5.73 Å². The minimum atomic E-state index is -0.617. The molecule has 2 heterocycles. The minimum absolute atomic E-state index is 0.141. The zero-order valence-corrected chi connectivity index (χ0v) is 16.0. The summed E-state index contributed by atoms with van der Waals surface area (Å²) in [7, 11) is 0. The molecule has 5 N–H and O–H groups in total. The van der Waals surface area contributed by atoms with Gasteiger partial charge in [-0.05, 0) is 49.4 Å². The van der Waals surface area contributed by atoms with Gasteiger partial charge >= 0.3 is 0 Å². The molecule has 1 aliphatic heterocycles. The smallest absolute Gasteiger partial charge is 0.242 e. The van der Waals surface area contributed by atoms with Crippen LogP contribution in [0.15, 0.2) is 48.7 Å². The average Bonchev–Trinajstić information content (AvgIpc) is 2.73. The van der Waals surface area contributed by atoms with Crippen LogP contribution in [0.1, 0.15) is 36.8 Å². The normalized spacial score (nSPS) is 20.2. The fraction of sp³-hybridized carbons (Fsp3) is 0.381. The second-order valence-electron chi connectivity index (χ2n) is 7.18. The van der Waals surface area contributed by atoms with E-state index in [-0.39, 0.29) is 17.9 Å². The van der Waals surface area contributed by atoms with Crippen LogP contribution in [0.5, 0.6) is 0 Å². The Morgan fingerprint density at radius 1 is 1.25 bits per heavy atom. The van der Waals surface area contributed by atoms with Crippen molar-refractivity contribution in [2.75, 3.05) is 12.3 Å². The molecule has 148 valence electrons. The highest BCUT2D eigenvalue weighted by molar-refractivity contribution is 5.89. The summed E-state index contributed by atoms with van der Waals surface area (Å²) in [4.78, 5) is 28.9. The molecule has 7 heteroatoms. The van der Waals surface area contributed by atoms with E-state index in [0.29, 0.717) is 18.3 Å². The standard InChI is InChI=1S/C21H27N5O2/c1-14(20(27)25-13-15-7-8-19(22)24-12-15)26-21(28)18-11-17(9-10-23-18)16-5-3-2-4-6-16/h2-8,12,14,17-18,23H,9-11,13H2,1H3,(H2,22,24)(H,25,27)(H,26,28)/t14-,17?,18?/m0/s1. The molecule has 0 radical (unpaired) electrons. The number of nitrogens with one attached hydrogen (secondary N) is 3. The Morgan fingerprint density at radius 2 is 2.04 bits per heavy atom. The van der Waals surface area contributed by atoms with Crippen LogP contribution >= 0.6 is 0 Å². The monoisotopic (exact) mass is 381 g/mol. The van der Waals surface area contributed by atoms with Gasteiger partial charge in [0.05, 0.1) is 6.04 Å². The van der Waals surface area contributed by atoms with Crippen molar-refractivity contribution in [1.29, 1.82) is 0 Å². The molecule has 1 fully saturated rings. The first-order chi connectivity index (χ1) is 13.5. The van der Waals surface area contributed by atoms with Crippen molar-refractivity contribution in [2.24, 2.45) is 0 Å². The van der Waals surface area contributed by atoms with Crippen LogP contribution in [0, 0.1) is 0 Å². The van der Waals surface area contributed by atoms with Crippen LogP contribution in [-0.4, -0.2) is 35.4 Å². The van der Waals surface area contributed by atoms with Gasteiger partial charge in [0.15, 0.2) is 0 Å². The lowest BCUT2D eigenvalue weighted by atomic mass is 9.86. The first kappa shape index (κ1) is 19.8. The van der Waals surface area contributed by atoms with Gasteiger partial charge in [-0.15, -0.1) is 0 Å². The van der Waals surface area contributed by atoms with Crippen molar-refractivity contribution in [1.82, 2.24) is 20.9 Å². The van der Waals surface area contributed by atoms with E-state index in [1.165, 1.54) is 5.56 Å². The maximum atomic E-state index is 12.6. The highest BCUT2D eigenvalue weighted by Crippen LogP contribution is 2.27. The summed E-state index contributed by atoms with van der Waals surface area (Å²) in [5, 5.41) is 8.89. The molecular weight excluding hydrogens is 354 g/mol. The maximum Gasteiger partial charge on any atom is 0.242 e. The van der Waals surface area contributed by atoms with Crippen LogP contribution in [-0.2, 0) is 16.1 Å². The number of aromatic nitrogens is 1. The quantitative estimate of drug-likeness (QED) is 0.603. The lowest BCUT2D eigenvalue weighted by molar-refractivity contribution is -0.130. The van der Waals surface area contributed by atoms with Gasteiger partial charge in [-0.3, -0.25) is 9.59 Å². The number of benzene rings is 1.